The molecule has 1 N–H and O–H groups in total. The smallest absolute Gasteiger partial charge is 0.310 e. The number of halogens is 2. The molecule has 0 saturated heterocycles. The molecule has 1 amide bonds. The fourth-order valence-corrected chi connectivity index (χ4v) is 1.79. The molecule has 0 aliphatic heterocycles. The van der Waals surface area contributed by atoms with E-state index in [1.54, 1.807) is 18.2 Å². The number of aromatic nitrogens is 1. The molecule has 0 radical (unpaired) electrons. The Kier molecular flexibility index (Phi) is 5.19. The van der Waals surface area contributed by atoms with Crippen LogP contribution < -0.4 is 5.32 Å². The summed E-state index contributed by atoms with van der Waals surface area (Å²) in [4.78, 5) is 23.1. The summed E-state index contributed by atoms with van der Waals surface area (Å²) < 4.78 is 9.39. The van der Waals surface area contributed by atoms with Crippen molar-refractivity contribution in [2.75, 3.05) is 11.9 Å². The van der Waals surface area contributed by atoms with Gasteiger partial charge in [0.1, 0.15) is 6.26 Å². The predicted octanol–water partition coefficient (Wildman–Crippen LogP) is 2.71. The first-order chi connectivity index (χ1) is 10.0. The Morgan fingerprint density at radius 2 is 2.05 bits per heavy atom. The van der Waals surface area contributed by atoms with Crippen LogP contribution in [-0.4, -0.2) is 23.6 Å². The van der Waals surface area contributed by atoms with Crippen LogP contribution in [0.3, 0.4) is 0 Å². The molecule has 0 bridgehead atoms. The minimum absolute atomic E-state index is 0.00582. The molecule has 8 heteroatoms. The lowest BCUT2D eigenvalue weighted by Crippen LogP contribution is -2.21. The first kappa shape index (κ1) is 15.3. The van der Waals surface area contributed by atoms with Gasteiger partial charge in [-0.15, -0.1) is 0 Å². The normalized spacial score (nSPS) is 10.2. The van der Waals surface area contributed by atoms with Crippen molar-refractivity contribution in [2.24, 2.45) is 0 Å². The van der Waals surface area contributed by atoms with Crippen molar-refractivity contribution in [3.8, 4) is 0 Å². The van der Waals surface area contributed by atoms with E-state index in [0.717, 1.165) is 0 Å². The largest absolute Gasteiger partial charge is 0.455 e. The highest BCUT2D eigenvalue weighted by Gasteiger charge is 2.10. The Balaban J connectivity index is 1.79. The summed E-state index contributed by atoms with van der Waals surface area (Å²) in [5.74, 6) is -0.810. The van der Waals surface area contributed by atoms with Gasteiger partial charge in [-0.1, -0.05) is 34.4 Å². The van der Waals surface area contributed by atoms with Gasteiger partial charge in [0.2, 0.25) is 0 Å². The van der Waals surface area contributed by atoms with E-state index in [0.29, 0.717) is 15.6 Å². The van der Waals surface area contributed by atoms with Crippen LogP contribution in [0.15, 0.2) is 35.1 Å². The summed E-state index contributed by atoms with van der Waals surface area (Å²) in [5.41, 5.74) is 0.645. The van der Waals surface area contributed by atoms with E-state index in [9.17, 15) is 9.59 Å². The van der Waals surface area contributed by atoms with Crippen LogP contribution in [0.4, 0.5) is 5.82 Å². The molecule has 0 atom stereocenters. The number of hydrogen-bond acceptors (Lipinski definition) is 5. The van der Waals surface area contributed by atoms with Gasteiger partial charge in [-0.2, -0.15) is 0 Å². The van der Waals surface area contributed by atoms with Crippen molar-refractivity contribution in [3.63, 3.8) is 0 Å². The van der Waals surface area contributed by atoms with E-state index in [1.165, 1.54) is 12.3 Å². The Morgan fingerprint density at radius 3 is 2.71 bits per heavy atom. The molecule has 0 spiro atoms. The van der Waals surface area contributed by atoms with Crippen LogP contribution >= 0.6 is 23.2 Å². The zero-order chi connectivity index (χ0) is 15.2. The number of anilines is 1. The Hall–Kier alpha value is -2.05. The zero-order valence-corrected chi connectivity index (χ0v) is 12.1. The van der Waals surface area contributed by atoms with Crippen LogP contribution in [0.5, 0.6) is 0 Å². The van der Waals surface area contributed by atoms with E-state index in [2.05, 4.69) is 15.0 Å². The third-order valence-electron chi connectivity index (χ3n) is 2.40. The van der Waals surface area contributed by atoms with E-state index in [-0.39, 0.29) is 12.2 Å². The average molecular weight is 329 g/mol. The molecule has 0 unspecified atom stereocenters. The molecule has 0 fully saturated rings. The molecule has 1 heterocycles. The number of amides is 1. The van der Waals surface area contributed by atoms with Gasteiger partial charge in [0.05, 0.1) is 16.5 Å². The van der Waals surface area contributed by atoms with Crippen LogP contribution in [-0.2, 0) is 20.7 Å². The topological polar surface area (TPSA) is 81.4 Å². The predicted molar refractivity (Wildman–Crippen MR) is 76.3 cm³/mol. The number of nitrogens with zero attached hydrogens (tertiary/aromatic N) is 1. The second-order valence-corrected chi connectivity index (χ2v) is 4.83. The Labute approximate surface area is 130 Å². The van der Waals surface area contributed by atoms with Crippen LogP contribution in [0.25, 0.3) is 0 Å². The Morgan fingerprint density at radius 1 is 1.24 bits per heavy atom. The molecule has 6 nitrogen and oxygen atoms in total. The summed E-state index contributed by atoms with van der Waals surface area (Å²) in [7, 11) is 0. The summed E-state index contributed by atoms with van der Waals surface area (Å²) >= 11 is 11.6. The van der Waals surface area contributed by atoms with Crippen molar-refractivity contribution < 1.29 is 18.8 Å². The van der Waals surface area contributed by atoms with E-state index >= 15 is 0 Å². The Bertz CT molecular complexity index is 644. The van der Waals surface area contributed by atoms with Crippen LogP contribution in [0.2, 0.25) is 10.0 Å². The van der Waals surface area contributed by atoms with Crippen molar-refractivity contribution in [1.29, 1.82) is 0 Å². The number of rotatable bonds is 5. The van der Waals surface area contributed by atoms with Crippen molar-refractivity contribution >= 4 is 40.9 Å². The number of nitrogens with one attached hydrogen (secondary N) is 1. The molecule has 1 aromatic heterocycles. The summed E-state index contributed by atoms with van der Waals surface area (Å²) in [5, 5.41) is 6.65. The average Bonchev–Trinajstić information content (AvgIpc) is 2.93. The highest BCUT2D eigenvalue weighted by molar-refractivity contribution is 6.42. The minimum atomic E-state index is -0.552. The second-order valence-electron chi connectivity index (χ2n) is 4.02. The number of hydrogen-bond donors (Lipinski definition) is 1. The minimum Gasteiger partial charge on any atom is -0.455 e. The monoisotopic (exact) mass is 328 g/mol. The second kappa shape index (κ2) is 7.10. The van der Waals surface area contributed by atoms with Gasteiger partial charge in [-0.25, -0.2) is 0 Å². The first-order valence-corrected chi connectivity index (χ1v) is 6.60. The number of carbonyl (C=O) groups excluding carboxylic acids is 2. The van der Waals surface area contributed by atoms with Crippen molar-refractivity contribution in [2.45, 2.75) is 6.42 Å². The number of benzene rings is 1. The van der Waals surface area contributed by atoms with Gasteiger partial charge >= 0.3 is 5.97 Å². The van der Waals surface area contributed by atoms with Gasteiger partial charge in [-0.05, 0) is 17.7 Å². The zero-order valence-electron chi connectivity index (χ0n) is 10.6. The molecule has 2 rings (SSSR count). The summed E-state index contributed by atoms with van der Waals surface area (Å²) in [6.07, 6.45) is 1.31. The molecule has 1 aromatic carbocycles. The third-order valence-corrected chi connectivity index (χ3v) is 3.14. The fourth-order valence-electron chi connectivity index (χ4n) is 1.47. The maximum Gasteiger partial charge on any atom is 0.310 e. The molecule has 0 aliphatic carbocycles. The highest BCUT2D eigenvalue weighted by atomic mass is 35.5. The van der Waals surface area contributed by atoms with Gasteiger partial charge in [-0.3, -0.25) is 9.59 Å². The van der Waals surface area contributed by atoms with Crippen molar-refractivity contribution in [1.82, 2.24) is 5.16 Å². The molecule has 21 heavy (non-hydrogen) atoms. The van der Waals surface area contributed by atoms with Crippen LogP contribution in [0, 0.1) is 0 Å². The number of ether oxygens (including phenoxy) is 1. The highest BCUT2D eigenvalue weighted by Crippen LogP contribution is 2.22. The molecule has 110 valence electrons. The molecule has 0 saturated carbocycles. The third kappa shape index (κ3) is 4.77. The fraction of sp³-hybridized carbons (Fsp3) is 0.154. The molecule has 0 aliphatic rings. The molecular weight excluding hydrogens is 319 g/mol. The summed E-state index contributed by atoms with van der Waals surface area (Å²) in [6, 6.07) is 6.28. The van der Waals surface area contributed by atoms with Gasteiger partial charge in [0, 0.05) is 6.07 Å². The lowest BCUT2D eigenvalue weighted by atomic mass is 10.1. The lowest BCUT2D eigenvalue weighted by molar-refractivity contribution is -0.146. The van der Waals surface area contributed by atoms with Gasteiger partial charge in [0.25, 0.3) is 5.91 Å². The van der Waals surface area contributed by atoms with E-state index < -0.39 is 18.5 Å². The number of carbonyl (C=O) groups is 2. The van der Waals surface area contributed by atoms with Crippen molar-refractivity contribution in [3.05, 3.63) is 46.1 Å². The molecular formula is C13H10Cl2N2O4. The quantitative estimate of drug-likeness (QED) is 0.853. The maximum atomic E-state index is 11.6. The van der Waals surface area contributed by atoms with Crippen LogP contribution in [0.1, 0.15) is 5.56 Å². The molecule has 2 aromatic rings. The maximum absolute atomic E-state index is 11.6. The summed E-state index contributed by atoms with van der Waals surface area (Å²) in [6.45, 7) is -0.410. The van der Waals surface area contributed by atoms with Gasteiger partial charge in [0.15, 0.2) is 12.4 Å². The van der Waals surface area contributed by atoms with E-state index in [1.807, 2.05) is 0 Å². The van der Waals surface area contributed by atoms with Gasteiger partial charge < -0.3 is 14.6 Å². The van der Waals surface area contributed by atoms with E-state index in [4.69, 9.17) is 27.9 Å². The standard InChI is InChI=1S/C13H10Cl2N2O4/c14-9-2-1-8(5-10(9)15)6-13(19)20-7-12(18)16-11-3-4-21-17-11/h1-5H,6-7H2,(H,16,17,18). The first-order valence-electron chi connectivity index (χ1n) is 5.84. The SMILES string of the molecule is O=C(COC(=O)Cc1ccc(Cl)c(Cl)c1)Nc1ccon1. The lowest BCUT2D eigenvalue weighted by Gasteiger charge is -2.05. The number of esters is 1.